The van der Waals surface area contributed by atoms with E-state index in [4.69, 9.17) is 5.11 Å². The second kappa shape index (κ2) is 4.51. The first kappa shape index (κ1) is 12.5. The van der Waals surface area contributed by atoms with Crippen molar-refractivity contribution in [2.24, 2.45) is 0 Å². The van der Waals surface area contributed by atoms with Gasteiger partial charge in [0.2, 0.25) is 0 Å². The van der Waals surface area contributed by atoms with Crippen LogP contribution in [0.3, 0.4) is 0 Å². The molecule has 0 aromatic heterocycles. The lowest BCUT2D eigenvalue weighted by molar-refractivity contribution is -0.139. The van der Waals surface area contributed by atoms with Gasteiger partial charge in [-0.15, -0.1) is 0 Å². The topological polar surface area (TPSA) is 37.3 Å². The molecule has 6 heteroatoms. The molecular formula is C10H8F4O2. The molecule has 0 spiro atoms. The van der Waals surface area contributed by atoms with Gasteiger partial charge in [-0.2, -0.15) is 13.2 Å². The number of carbonyl (C=O) groups is 1. The van der Waals surface area contributed by atoms with Gasteiger partial charge in [-0.1, -0.05) is 12.1 Å². The number of rotatable bonds is 3. The molecule has 0 saturated carbocycles. The maximum Gasteiger partial charge on any atom is 0.416 e. The van der Waals surface area contributed by atoms with E-state index in [1.165, 1.54) is 6.07 Å². The lowest BCUT2D eigenvalue weighted by Gasteiger charge is -2.11. The minimum atomic E-state index is -4.67. The average Bonchev–Trinajstić information content (AvgIpc) is 2.15. The van der Waals surface area contributed by atoms with Crippen molar-refractivity contribution in [3.63, 3.8) is 0 Å². The Morgan fingerprint density at radius 1 is 1.31 bits per heavy atom. The summed E-state index contributed by atoms with van der Waals surface area (Å²) in [6, 6.07) is 2.81. The number of carboxylic acids is 1. The van der Waals surface area contributed by atoms with E-state index in [-0.39, 0.29) is 5.56 Å². The molecule has 16 heavy (non-hydrogen) atoms. The smallest absolute Gasteiger partial charge is 0.416 e. The Balaban J connectivity index is 3.16. The van der Waals surface area contributed by atoms with Crippen LogP contribution in [0.4, 0.5) is 17.6 Å². The molecule has 1 aromatic rings. The first-order valence-corrected chi connectivity index (χ1v) is 4.31. The zero-order valence-corrected chi connectivity index (χ0v) is 8.01. The third-order valence-corrected chi connectivity index (χ3v) is 1.98. The Labute approximate surface area is 88.5 Å². The second-order valence-corrected chi connectivity index (χ2v) is 3.19. The van der Waals surface area contributed by atoms with Gasteiger partial charge >= 0.3 is 12.1 Å². The maximum atomic E-state index is 12.4. The van der Waals surface area contributed by atoms with E-state index in [1.807, 2.05) is 0 Å². The third kappa shape index (κ3) is 2.95. The molecule has 1 N–H and O–H groups in total. The molecule has 88 valence electrons. The number of halogens is 4. The van der Waals surface area contributed by atoms with E-state index in [2.05, 4.69) is 0 Å². The molecule has 0 aliphatic carbocycles. The Hall–Kier alpha value is -1.59. The van der Waals surface area contributed by atoms with E-state index in [0.29, 0.717) is 6.07 Å². The van der Waals surface area contributed by atoms with Crippen LogP contribution in [0.25, 0.3) is 0 Å². The molecule has 0 aliphatic heterocycles. The summed E-state index contributed by atoms with van der Waals surface area (Å²) in [6.07, 6.45) is -5.19. The third-order valence-electron chi connectivity index (χ3n) is 1.98. The van der Waals surface area contributed by atoms with Crippen LogP contribution >= 0.6 is 0 Å². The maximum absolute atomic E-state index is 12.4. The molecule has 0 saturated heterocycles. The average molecular weight is 236 g/mol. The lowest BCUT2D eigenvalue weighted by atomic mass is 10.0. The number of alkyl halides is 4. The molecule has 1 rings (SSSR count). The first-order chi connectivity index (χ1) is 7.34. The van der Waals surface area contributed by atoms with E-state index < -0.39 is 36.4 Å². The van der Waals surface area contributed by atoms with Gasteiger partial charge in [0, 0.05) is 0 Å². The molecule has 0 bridgehead atoms. The van der Waals surface area contributed by atoms with Gasteiger partial charge in [-0.05, 0) is 17.2 Å². The fourth-order valence-corrected chi connectivity index (χ4v) is 1.29. The molecule has 0 heterocycles. The van der Waals surface area contributed by atoms with E-state index >= 15 is 0 Å². The minimum absolute atomic E-state index is 0.00275. The van der Waals surface area contributed by atoms with Crippen LogP contribution < -0.4 is 0 Å². The number of benzene rings is 1. The quantitative estimate of drug-likeness (QED) is 0.819. The van der Waals surface area contributed by atoms with E-state index in [0.717, 1.165) is 6.07 Å². The number of aliphatic carboxylic acids is 1. The van der Waals surface area contributed by atoms with E-state index in [1.54, 1.807) is 0 Å². The van der Waals surface area contributed by atoms with Crippen molar-refractivity contribution in [1.29, 1.82) is 0 Å². The predicted octanol–water partition coefficient (Wildman–Crippen LogP) is 2.80. The van der Waals surface area contributed by atoms with Crippen molar-refractivity contribution in [3.8, 4) is 0 Å². The highest BCUT2D eigenvalue weighted by Crippen LogP contribution is 2.33. The standard InChI is InChI=1S/C10H8F4O2/c11-5-7-2-1-6(4-9(15)16)3-8(7)10(12,13)14/h1-3H,4-5H2,(H,15,16). The van der Waals surface area contributed by atoms with Gasteiger partial charge < -0.3 is 5.11 Å². The minimum Gasteiger partial charge on any atom is -0.481 e. The van der Waals surface area contributed by atoms with Gasteiger partial charge in [0.25, 0.3) is 0 Å². The van der Waals surface area contributed by atoms with Crippen LogP contribution in [0.5, 0.6) is 0 Å². The van der Waals surface area contributed by atoms with Crippen molar-refractivity contribution in [2.45, 2.75) is 19.3 Å². The molecule has 0 radical (unpaired) electrons. The van der Waals surface area contributed by atoms with Gasteiger partial charge in [-0.25, -0.2) is 4.39 Å². The van der Waals surface area contributed by atoms with Crippen molar-refractivity contribution in [2.75, 3.05) is 0 Å². The first-order valence-electron chi connectivity index (χ1n) is 4.31. The normalized spacial score (nSPS) is 11.5. The SMILES string of the molecule is O=C(O)Cc1ccc(CF)c(C(F)(F)F)c1. The summed E-state index contributed by atoms with van der Waals surface area (Å²) in [5, 5.41) is 8.43. The second-order valence-electron chi connectivity index (χ2n) is 3.19. The predicted molar refractivity (Wildman–Crippen MR) is 47.6 cm³/mol. The van der Waals surface area contributed by atoms with Crippen LogP contribution in [-0.2, 0) is 24.1 Å². The van der Waals surface area contributed by atoms with Crippen LogP contribution in [0.15, 0.2) is 18.2 Å². The number of hydrogen-bond donors (Lipinski definition) is 1. The van der Waals surface area contributed by atoms with Crippen LogP contribution in [-0.4, -0.2) is 11.1 Å². The summed E-state index contributed by atoms with van der Waals surface area (Å²) < 4.78 is 49.6. The Bertz CT molecular complexity index is 398. The summed E-state index contributed by atoms with van der Waals surface area (Å²) in [6.45, 7) is -1.23. The van der Waals surface area contributed by atoms with Gasteiger partial charge in [0.05, 0.1) is 12.0 Å². The highest BCUT2D eigenvalue weighted by Gasteiger charge is 2.33. The van der Waals surface area contributed by atoms with E-state index in [9.17, 15) is 22.4 Å². The monoisotopic (exact) mass is 236 g/mol. The van der Waals surface area contributed by atoms with Crippen molar-refractivity contribution in [3.05, 3.63) is 34.9 Å². The van der Waals surface area contributed by atoms with Crippen molar-refractivity contribution >= 4 is 5.97 Å². The molecule has 0 aliphatic rings. The molecule has 1 aromatic carbocycles. The molecule has 0 amide bonds. The van der Waals surface area contributed by atoms with Crippen LogP contribution in [0, 0.1) is 0 Å². The van der Waals surface area contributed by atoms with Crippen molar-refractivity contribution < 1.29 is 27.5 Å². The number of carboxylic acid groups (broad SMARTS) is 1. The zero-order chi connectivity index (χ0) is 12.3. The number of hydrogen-bond acceptors (Lipinski definition) is 1. The molecule has 2 nitrogen and oxygen atoms in total. The van der Waals surface area contributed by atoms with Crippen LogP contribution in [0.1, 0.15) is 16.7 Å². The van der Waals surface area contributed by atoms with Crippen LogP contribution in [0.2, 0.25) is 0 Å². The summed E-state index contributed by atoms with van der Waals surface area (Å²) in [5.41, 5.74) is -1.60. The zero-order valence-electron chi connectivity index (χ0n) is 8.01. The Morgan fingerprint density at radius 3 is 2.38 bits per heavy atom. The lowest BCUT2D eigenvalue weighted by Crippen LogP contribution is -2.10. The highest BCUT2D eigenvalue weighted by atomic mass is 19.4. The fraction of sp³-hybridized carbons (Fsp3) is 0.300. The molecule has 0 atom stereocenters. The largest absolute Gasteiger partial charge is 0.481 e. The summed E-state index contributed by atoms with van der Waals surface area (Å²) in [5.74, 6) is -1.24. The molecule has 0 fully saturated rings. The molecule has 0 unspecified atom stereocenters. The Kier molecular flexibility index (Phi) is 3.51. The fourth-order valence-electron chi connectivity index (χ4n) is 1.29. The van der Waals surface area contributed by atoms with Gasteiger partial charge in [0.1, 0.15) is 6.67 Å². The van der Waals surface area contributed by atoms with Gasteiger partial charge in [-0.3, -0.25) is 4.79 Å². The van der Waals surface area contributed by atoms with Gasteiger partial charge in [0.15, 0.2) is 0 Å². The highest BCUT2D eigenvalue weighted by molar-refractivity contribution is 5.70. The molecular weight excluding hydrogens is 228 g/mol. The summed E-state index contributed by atoms with van der Waals surface area (Å²) >= 11 is 0. The summed E-state index contributed by atoms with van der Waals surface area (Å²) in [7, 11) is 0. The Morgan fingerprint density at radius 2 is 1.94 bits per heavy atom. The van der Waals surface area contributed by atoms with Crippen molar-refractivity contribution in [1.82, 2.24) is 0 Å². The summed E-state index contributed by atoms with van der Waals surface area (Å²) in [4.78, 5) is 10.3.